The van der Waals surface area contributed by atoms with Crippen molar-refractivity contribution in [3.63, 3.8) is 0 Å². The van der Waals surface area contributed by atoms with Gasteiger partial charge in [0.15, 0.2) is 0 Å². The molecule has 9 heteroatoms. The largest absolute Gasteiger partial charge is 0.416 e. The van der Waals surface area contributed by atoms with Crippen molar-refractivity contribution < 1.29 is 27.4 Å². The lowest BCUT2D eigenvalue weighted by Crippen LogP contribution is -2.54. The molecule has 2 aromatic rings. The molecule has 6 nitrogen and oxygen atoms in total. The molecule has 0 aliphatic carbocycles. The Kier molecular flexibility index (Phi) is 8.09. The van der Waals surface area contributed by atoms with E-state index in [-0.39, 0.29) is 18.1 Å². The second-order valence-electron chi connectivity index (χ2n) is 9.30. The minimum absolute atomic E-state index is 0.0369. The number of amides is 1. The lowest BCUT2D eigenvalue weighted by Gasteiger charge is -2.38. The first-order valence-corrected chi connectivity index (χ1v) is 12.0. The summed E-state index contributed by atoms with van der Waals surface area (Å²) in [4.78, 5) is 19.4. The van der Waals surface area contributed by atoms with E-state index in [4.69, 9.17) is 9.47 Å². The molecule has 35 heavy (non-hydrogen) atoms. The topological polar surface area (TPSA) is 63.7 Å². The molecule has 0 radical (unpaired) electrons. The van der Waals surface area contributed by atoms with Gasteiger partial charge >= 0.3 is 6.18 Å². The number of likely N-dealkylation sites (tertiary alicyclic amines) is 1. The Morgan fingerprint density at radius 1 is 1.23 bits per heavy atom. The van der Waals surface area contributed by atoms with Gasteiger partial charge in [0.1, 0.15) is 5.69 Å². The van der Waals surface area contributed by atoms with Crippen molar-refractivity contribution in [3.8, 4) is 0 Å². The number of ether oxygens (including phenoxy) is 2. The standard InChI is InChI=1S/C26H32F3N3O3/c1-17-19(14-18-4-3-5-20(15-18)26(27,28)29)6-10-30-24(17)25(33)32-11-7-21(8-12-32)31-22-9-13-35-16-23(22)34-2/h3-6,10,15,21-23,31H,7-9,11-14,16H2,1-2H3/t22-,23+/m1/s1. The Labute approximate surface area is 203 Å². The molecule has 2 saturated heterocycles. The van der Waals surface area contributed by atoms with Crippen LogP contribution in [0.3, 0.4) is 0 Å². The number of nitrogens with one attached hydrogen (secondary N) is 1. The van der Waals surface area contributed by atoms with Crippen LogP contribution in [0.2, 0.25) is 0 Å². The highest BCUT2D eigenvalue weighted by molar-refractivity contribution is 5.94. The molecule has 2 atom stereocenters. The summed E-state index contributed by atoms with van der Waals surface area (Å²) in [6.07, 6.45) is 0.0874. The summed E-state index contributed by atoms with van der Waals surface area (Å²) in [6.45, 7) is 4.37. The molecule has 4 rings (SSSR count). The Morgan fingerprint density at radius 3 is 2.71 bits per heavy atom. The van der Waals surface area contributed by atoms with Gasteiger partial charge in [-0.15, -0.1) is 0 Å². The maximum atomic E-state index is 13.3. The SMILES string of the molecule is CO[C@H]1COCC[C@H]1NC1CCN(C(=O)c2nccc(Cc3cccc(C(F)(F)F)c3)c2C)CC1. The first-order valence-electron chi connectivity index (χ1n) is 12.0. The number of alkyl halides is 3. The second-order valence-corrected chi connectivity index (χ2v) is 9.30. The fourth-order valence-corrected chi connectivity index (χ4v) is 4.90. The van der Waals surface area contributed by atoms with Crippen LogP contribution in [0.25, 0.3) is 0 Å². The van der Waals surface area contributed by atoms with E-state index in [9.17, 15) is 18.0 Å². The van der Waals surface area contributed by atoms with E-state index >= 15 is 0 Å². The van der Waals surface area contributed by atoms with E-state index in [1.807, 2.05) is 11.8 Å². The summed E-state index contributed by atoms with van der Waals surface area (Å²) in [5.41, 5.74) is 1.74. The van der Waals surface area contributed by atoms with Crippen molar-refractivity contribution in [1.82, 2.24) is 15.2 Å². The summed E-state index contributed by atoms with van der Waals surface area (Å²) in [5.74, 6) is -0.132. The second kappa shape index (κ2) is 11.1. The molecule has 2 fully saturated rings. The van der Waals surface area contributed by atoms with Gasteiger partial charge in [0.05, 0.1) is 18.3 Å². The fourth-order valence-electron chi connectivity index (χ4n) is 4.90. The monoisotopic (exact) mass is 491 g/mol. The maximum Gasteiger partial charge on any atom is 0.416 e. The molecule has 1 aromatic heterocycles. The molecule has 0 spiro atoms. The number of carbonyl (C=O) groups excluding carboxylic acids is 1. The van der Waals surface area contributed by atoms with E-state index in [0.717, 1.165) is 43.6 Å². The van der Waals surface area contributed by atoms with Crippen LogP contribution >= 0.6 is 0 Å². The third-order valence-corrected chi connectivity index (χ3v) is 7.01. The zero-order chi connectivity index (χ0) is 25.0. The van der Waals surface area contributed by atoms with Crippen LogP contribution in [0.5, 0.6) is 0 Å². The number of benzene rings is 1. The van der Waals surface area contributed by atoms with E-state index in [1.54, 1.807) is 25.4 Å². The number of carbonyl (C=O) groups is 1. The van der Waals surface area contributed by atoms with Crippen molar-refractivity contribution in [1.29, 1.82) is 0 Å². The summed E-state index contributed by atoms with van der Waals surface area (Å²) in [6, 6.07) is 7.62. The smallest absolute Gasteiger partial charge is 0.379 e. The van der Waals surface area contributed by atoms with Crippen LogP contribution in [0.15, 0.2) is 36.5 Å². The predicted molar refractivity (Wildman–Crippen MR) is 125 cm³/mol. The first-order chi connectivity index (χ1) is 16.8. The van der Waals surface area contributed by atoms with Crippen LogP contribution < -0.4 is 5.32 Å². The summed E-state index contributed by atoms with van der Waals surface area (Å²) in [7, 11) is 1.70. The molecule has 2 aliphatic heterocycles. The molecular formula is C26H32F3N3O3. The zero-order valence-corrected chi connectivity index (χ0v) is 20.1. The minimum Gasteiger partial charge on any atom is -0.379 e. The first kappa shape index (κ1) is 25.6. The molecule has 0 bridgehead atoms. The average Bonchev–Trinajstić information content (AvgIpc) is 2.85. The van der Waals surface area contributed by atoms with Gasteiger partial charge in [-0.25, -0.2) is 0 Å². The molecular weight excluding hydrogens is 459 g/mol. The molecule has 0 unspecified atom stereocenters. The van der Waals surface area contributed by atoms with Crippen molar-refractivity contribution in [2.24, 2.45) is 0 Å². The summed E-state index contributed by atoms with van der Waals surface area (Å²) >= 11 is 0. The van der Waals surface area contributed by atoms with Gasteiger partial charge in [0.25, 0.3) is 5.91 Å². The average molecular weight is 492 g/mol. The van der Waals surface area contributed by atoms with Crippen LogP contribution in [0, 0.1) is 6.92 Å². The number of piperidine rings is 1. The van der Waals surface area contributed by atoms with Gasteiger partial charge in [-0.2, -0.15) is 13.2 Å². The van der Waals surface area contributed by atoms with Gasteiger partial charge < -0.3 is 19.7 Å². The van der Waals surface area contributed by atoms with E-state index < -0.39 is 11.7 Å². The van der Waals surface area contributed by atoms with Gasteiger partial charge in [0, 0.05) is 45.1 Å². The molecule has 190 valence electrons. The lowest BCUT2D eigenvalue weighted by molar-refractivity contribution is -0.137. The highest BCUT2D eigenvalue weighted by Crippen LogP contribution is 2.30. The van der Waals surface area contributed by atoms with Crippen molar-refractivity contribution >= 4 is 5.91 Å². The van der Waals surface area contributed by atoms with Gasteiger partial charge in [-0.1, -0.05) is 18.2 Å². The number of rotatable bonds is 6. The Bertz CT molecular complexity index is 1020. The number of nitrogens with zero attached hydrogens (tertiary/aromatic N) is 2. The molecule has 1 aromatic carbocycles. The quantitative estimate of drug-likeness (QED) is 0.662. The van der Waals surface area contributed by atoms with Crippen LogP contribution in [-0.2, 0) is 22.1 Å². The van der Waals surface area contributed by atoms with Crippen molar-refractivity contribution in [2.75, 3.05) is 33.4 Å². The summed E-state index contributed by atoms with van der Waals surface area (Å²) in [5, 5.41) is 3.68. The lowest BCUT2D eigenvalue weighted by atomic mass is 9.97. The molecule has 0 saturated carbocycles. The third kappa shape index (κ3) is 6.20. The highest BCUT2D eigenvalue weighted by atomic mass is 19.4. The number of hydrogen-bond donors (Lipinski definition) is 1. The number of halogens is 3. The van der Waals surface area contributed by atoms with Crippen molar-refractivity contribution in [3.05, 3.63) is 64.5 Å². The van der Waals surface area contributed by atoms with Crippen LogP contribution in [0.4, 0.5) is 13.2 Å². The van der Waals surface area contributed by atoms with E-state index in [0.29, 0.717) is 49.0 Å². The number of hydrogen-bond acceptors (Lipinski definition) is 5. The number of aromatic nitrogens is 1. The number of pyridine rings is 1. The third-order valence-electron chi connectivity index (χ3n) is 7.01. The highest BCUT2D eigenvalue weighted by Gasteiger charge is 2.32. The predicted octanol–water partition coefficient (Wildman–Crippen LogP) is 4.00. The van der Waals surface area contributed by atoms with E-state index in [1.165, 1.54) is 6.07 Å². The Hall–Kier alpha value is -2.49. The molecule has 1 amide bonds. The maximum absolute atomic E-state index is 13.3. The Balaban J connectivity index is 1.39. The van der Waals surface area contributed by atoms with Crippen LogP contribution in [-0.4, -0.2) is 67.4 Å². The van der Waals surface area contributed by atoms with Gasteiger partial charge in [-0.3, -0.25) is 9.78 Å². The number of methoxy groups -OCH3 is 1. The summed E-state index contributed by atoms with van der Waals surface area (Å²) < 4.78 is 50.3. The zero-order valence-electron chi connectivity index (χ0n) is 20.1. The van der Waals surface area contributed by atoms with Crippen molar-refractivity contribution in [2.45, 2.75) is 57.0 Å². The van der Waals surface area contributed by atoms with Gasteiger partial charge in [0.2, 0.25) is 0 Å². The Morgan fingerprint density at radius 2 is 2.00 bits per heavy atom. The fraction of sp³-hybridized carbons (Fsp3) is 0.538. The van der Waals surface area contributed by atoms with Crippen LogP contribution in [0.1, 0.15) is 52.0 Å². The molecule has 1 N–H and O–H groups in total. The molecule has 2 aliphatic rings. The normalized spacial score (nSPS) is 21.8. The van der Waals surface area contributed by atoms with E-state index in [2.05, 4.69) is 10.3 Å². The molecule has 3 heterocycles. The minimum atomic E-state index is -4.39. The van der Waals surface area contributed by atoms with Gasteiger partial charge in [-0.05, 0) is 61.4 Å².